The number of aryl methyl sites for hydroxylation is 1. The summed E-state index contributed by atoms with van der Waals surface area (Å²) in [6, 6.07) is 5.31. The Kier molecular flexibility index (Phi) is 4.33. The molecule has 2 N–H and O–H groups in total. The molecule has 126 valence electrons. The summed E-state index contributed by atoms with van der Waals surface area (Å²) in [5.41, 5.74) is 2.79. The molecule has 0 saturated heterocycles. The van der Waals surface area contributed by atoms with Gasteiger partial charge in [0.25, 0.3) is 11.8 Å². The summed E-state index contributed by atoms with van der Waals surface area (Å²) in [7, 11) is 0. The Morgan fingerprint density at radius 3 is 2.75 bits per heavy atom. The van der Waals surface area contributed by atoms with Crippen LogP contribution in [-0.2, 0) is 13.0 Å². The molecule has 1 aliphatic rings. The largest absolute Gasteiger partial charge is 0.348 e. The van der Waals surface area contributed by atoms with E-state index in [0.29, 0.717) is 24.2 Å². The minimum Gasteiger partial charge on any atom is -0.348 e. The normalized spacial score (nSPS) is 16.1. The Balaban J connectivity index is 1.62. The fourth-order valence-corrected chi connectivity index (χ4v) is 2.80. The molecule has 3 rings (SSSR count). The van der Waals surface area contributed by atoms with Crippen LogP contribution >= 0.6 is 0 Å². The Labute approximate surface area is 140 Å². The van der Waals surface area contributed by atoms with Gasteiger partial charge >= 0.3 is 0 Å². The van der Waals surface area contributed by atoms with Crippen molar-refractivity contribution < 1.29 is 9.59 Å². The van der Waals surface area contributed by atoms with Crippen molar-refractivity contribution in [2.24, 2.45) is 0 Å². The number of nitrogens with zero attached hydrogens (tertiary/aromatic N) is 3. The second kappa shape index (κ2) is 6.43. The van der Waals surface area contributed by atoms with E-state index in [1.807, 2.05) is 20.8 Å². The molecule has 24 heavy (non-hydrogen) atoms. The molecule has 0 saturated carbocycles. The van der Waals surface area contributed by atoms with Crippen LogP contribution in [0.1, 0.15) is 46.1 Å². The van der Waals surface area contributed by atoms with Gasteiger partial charge in [-0.25, -0.2) is 0 Å². The summed E-state index contributed by atoms with van der Waals surface area (Å²) in [4.78, 5) is 28.4. The monoisotopic (exact) mass is 327 g/mol. The number of carbonyl (C=O) groups is 2. The summed E-state index contributed by atoms with van der Waals surface area (Å²) in [5, 5.41) is 10.2. The topological polar surface area (TPSA) is 88.9 Å². The highest BCUT2D eigenvalue weighted by molar-refractivity contribution is 5.94. The first-order valence-electron chi connectivity index (χ1n) is 8.03. The van der Waals surface area contributed by atoms with Crippen molar-refractivity contribution in [1.82, 2.24) is 25.4 Å². The van der Waals surface area contributed by atoms with Crippen LogP contribution in [0.15, 0.2) is 24.4 Å². The van der Waals surface area contributed by atoms with E-state index in [2.05, 4.69) is 20.7 Å². The first-order chi connectivity index (χ1) is 11.4. The quantitative estimate of drug-likeness (QED) is 0.879. The van der Waals surface area contributed by atoms with Crippen LogP contribution in [0.25, 0.3) is 0 Å². The zero-order valence-electron chi connectivity index (χ0n) is 14.0. The SMILES string of the molecule is Cc1cc(C(=O)N[C@H]2Cc3cc(C(=O)NC(C)C)nn3C2)ccn1. The van der Waals surface area contributed by atoms with Gasteiger partial charge in [0.2, 0.25) is 0 Å². The molecule has 2 amide bonds. The summed E-state index contributed by atoms with van der Waals surface area (Å²) in [6.45, 7) is 6.24. The molecular weight excluding hydrogens is 306 g/mol. The van der Waals surface area contributed by atoms with E-state index in [1.165, 1.54) is 0 Å². The zero-order chi connectivity index (χ0) is 17.3. The second-order valence-corrected chi connectivity index (χ2v) is 6.39. The summed E-state index contributed by atoms with van der Waals surface area (Å²) < 4.78 is 1.79. The standard InChI is InChI=1S/C17H21N5O2/c1-10(2)19-17(24)15-8-14-7-13(9-22(14)21-15)20-16(23)12-4-5-18-11(3)6-12/h4-6,8,10,13H,7,9H2,1-3H3,(H,19,24)(H,20,23)/t13-/m0/s1. The second-order valence-electron chi connectivity index (χ2n) is 6.39. The molecule has 0 unspecified atom stereocenters. The number of rotatable bonds is 4. The van der Waals surface area contributed by atoms with Gasteiger partial charge in [-0.15, -0.1) is 0 Å². The minimum atomic E-state index is -0.167. The van der Waals surface area contributed by atoms with Gasteiger partial charge in [-0.05, 0) is 39.0 Å². The lowest BCUT2D eigenvalue weighted by atomic mass is 10.1. The Hall–Kier alpha value is -2.70. The van der Waals surface area contributed by atoms with Crippen LogP contribution in [0.4, 0.5) is 0 Å². The third-order valence-electron chi connectivity index (χ3n) is 3.86. The van der Waals surface area contributed by atoms with Gasteiger partial charge in [0, 0.05) is 35.6 Å². The lowest BCUT2D eigenvalue weighted by Gasteiger charge is -2.12. The molecule has 2 aromatic heterocycles. The molecule has 0 bridgehead atoms. The van der Waals surface area contributed by atoms with Gasteiger partial charge in [-0.1, -0.05) is 0 Å². The number of aromatic nitrogens is 3. The molecule has 7 nitrogen and oxygen atoms in total. The van der Waals surface area contributed by atoms with Crippen LogP contribution < -0.4 is 10.6 Å². The van der Waals surface area contributed by atoms with Crippen LogP contribution in [-0.4, -0.2) is 38.7 Å². The van der Waals surface area contributed by atoms with Crippen molar-refractivity contribution in [2.45, 2.75) is 45.8 Å². The maximum Gasteiger partial charge on any atom is 0.271 e. The maximum absolute atomic E-state index is 12.3. The van der Waals surface area contributed by atoms with Gasteiger partial charge in [0.15, 0.2) is 0 Å². The highest BCUT2D eigenvalue weighted by atomic mass is 16.2. The summed E-state index contributed by atoms with van der Waals surface area (Å²) >= 11 is 0. The lowest BCUT2D eigenvalue weighted by Crippen LogP contribution is -2.36. The molecule has 0 aliphatic carbocycles. The predicted octanol–water partition coefficient (Wildman–Crippen LogP) is 1.08. The van der Waals surface area contributed by atoms with Crippen molar-refractivity contribution >= 4 is 11.8 Å². The average Bonchev–Trinajstić information content (AvgIpc) is 3.04. The summed E-state index contributed by atoms with van der Waals surface area (Å²) in [6.07, 6.45) is 2.29. The third-order valence-corrected chi connectivity index (χ3v) is 3.86. The first-order valence-corrected chi connectivity index (χ1v) is 8.03. The number of hydrogen-bond acceptors (Lipinski definition) is 4. The number of amides is 2. The van der Waals surface area contributed by atoms with E-state index < -0.39 is 0 Å². The molecule has 0 spiro atoms. The van der Waals surface area contributed by atoms with Gasteiger partial charge in [-0.2, -0.15) is 5.10 Å². The number of nitrogens with one attached hydrogen (secondary N) is 2. The Morgan fingerprint density at radius 2 is 2.08 bits per heavy atom. The van der Waals surface area contributed by atoms with Crippen LogP contribution in [0.5, 0.6) is 0 Å². The minimum absolute atomic E-state index is 0.0179. The van der Waals surface area contributed by atoms with E-state index in [-0.39, 0.29) is 23.9 Å². The molecule has 0 radical (unpaired) electrons. The van der Waals surface area contributed by atoms with E-state index in [9.17, 15) is 9.59 Å². The highest BCUT2D eigenvalue weighted by Crippen LogP contribution is 2.17. The number of fused-ring (bicyclic) bond motifs is 1. The van der Waals surface area contributed by atoms with Crippen molar-refractivity contribution in [2.75, 3.05) is 0 Å². The Bertz CT molecular complexity index is 758. The zero-order valence-corrected chi connectivity index (χ0v) is 14.0. The number of pyridine rings is 1. The molecule has 1 atom stereocenters. The number of carbonyl (C=O) groups excluding carboxylic acids is 2. The molecular formula is C17H21N5O2. The van der Waals surface area contributed by atoms with Gasteiger partial charge in [0.1, 0.15) is 5.69 Å². The molecule has 7 heteroatoms. The van der Waals surface area contributed by atoms with E-state index in [1.54, 1.807) is 29.1 Å². The lowest BCUT2D eigenvalue weighted by molar-refractivity contribution is 0.0923. The average molecular weight is 327 g/mol. The van der Waals surface area contributed by atoms with Crippen LogP contribution in [0.3, 0.4) is 0 Å². The van der Waals surface area contributed by atoms with Crippen molar-refractivity contribution in [3.63, 3.8) is 0 Å². The fraction of sp³-hybridized carbons (Fsp3) is 0.412. The molecule has 2 aromatic rings. The summed E-state index contributed by atoms with van der Waals surface area (Å²) in [5.74, 6) is -0.284. The molecule has 3 heterocycles. The molecule has 0 aromatic carbocycles. The third kappa shape index (κ3) is 3.45. The van der Waals surface area contributed by atoms with Gasteiger partial charge < -0.3 is 10.6 Å². The first kappa shape index (κ1) is 16.2. The number of hydrogen-bond donors (Lipinski definition) is 2. The smallest absolute Gasteiger partial charge is 0.271 e. The van der Waals surface area contributed by atoms with E-state index in [0.717, 1.165) is 11.4 Å². The van der Waals surface area contributed by atoms with E-state index >= 15 is 0 Å². The van der Waals surface area contributed by atoms with E-state index in [4.69, 9.17) is 0 Å². The maximum atomic E-state index is 12.3. The highest BCUT2D eigenvalue weighted by Gasteiger charge is 2.26. The van der Waals surface area contributed by atoms with Gasteiger partial charge in [-0.3, -0.25) is 19.3 Å². The van der Waals surface area contributed by atoms with Crippen molar-refractivity contribution in [3.8, 4) is 0 Å². The predicted molar refractivity (Wildman–Crippen MR) is 88.8 cm³/mol. The van der Waals surface area contributed by atoms with Crippen molar-refractivity contribution in [3.05, 3.63) is 47.0 Å². The molecule has 1 aliphatic heterocycles. The molecule has 0 fully saturated rings. The fourth-order valence-electron chi connectivity index (χ4n) is 2.80. The van der Waals surface area contributed by atoms with Crippen molar-refractivity contribution in [1.29, 1.82) is 0 Å². The van der Waals surface area contributed by atoms with Crippen LogP contribution in [0, 0.1) is 6.92 Å². The van der Waals surface area contributed by atoms with Crippen LogP contribution in [0.2, 0.25) is 0 Å². The Morgan fingerprint density at radius 1 is 1.29 bits per heavy atom. The van der Waals surface area contributed by atoms with Gasteiger partial charge in [0.05, 0.1) is 12.6 Å².